The first-order valence-electron chi connectivity index (χ1n) is 2.80. The van der Waals surface area contributed by atoms with Gasteiger partial charge >= 0.3 is 0 Å². The molecule has 0 N–H and O–H groups in total. The topological polar surface area (TPSA) is 29.4 Å². The van der Waals surface area contributed by atoms with Crippen molar-refractivity contribution < 1.29 is 4.79 Å². The SMILES string of the molecule is CC1=NCCC(=O)C1. The highest BCUT2D eigenvalue weighted by Crippen LogP contribution is 2.00. The molecule has 0 fully saturated rings. The van der Waals surface area contributed by atoms with E-state index in [1.54, 1.807) is 0 Å². The standard InChI is InChI=1S/C6H9NO/c1-5-4-6(8)2-3-7-5/h2-4H2,1H3. The number of nitrogens with zero attached hydrogens (tertiary/aromatic N) is 1. The summed E-state index contributed by atoms with van der Waals surface area (Å²) in [4.78, 5) is 14.7. The van der Waals surface area contributed by atoms with Crippen LogP contribution in [-0.2, 0) is 4.79 Å². The molecule has 0 amide bonds. The molecule has 0 unspecified atom stereocenters. The lowest BCUT2D eigenvalue weighted by Crippen LogP contribution is -2.12. The fraction of sp³-hybridized carbons (Fsp3) is 0.667. The van der Waals surface area contributed by atoms with Crippen molar-refractivity contribution >= 4 is 11.5 Å². The molecule has 0 aromatic rings. The quantitative estimate of drug-likeness (QED) is 0.455. The third kappa shape index (κ3) is 1.15. The third-order valence-corrected chi connectivity index (χ3v) is 1.23. The second-order valence-corrected chi connectivity index (χ2v) is 2.08. The number of Topliss-reactive ketones (excluding diaryl/α,β-unsaturated/α-hetero) is 1. The van der Waals surface area contributed by atoms with Gasteiger partial charge in [-0.2, -0.15) is 0 Å². The molecule has 0 atom stereocenters. The molecule has 1 aliphatic heterocycles. The van der Waals surface area contributed by atoms with Crippen LogP contribution in [0.3, 0.4) is 0 Å². The van der Waals surface area contributed by atoms with Crippen LogP contribution in [-0.4, -0.2) is 18.0 Å². The molecule has 1 rings (SSSR count). The highest BCUT2D eigenvalue weighted by atomic mass is 16.1. The van der Waals surface area contributed by atoms with Gasteiger partial charge in [0.15, 0.2) is 0 Å². The first-order chi connectivity index (χ1) is 3.79. The van der Waals surface area contributed by atoms with E-state index in [1.165, 1.54) is 0 Å². The molecule has 0 radical (unpaired) electrons. The Morgan fingerprint density at radius 1 is 1.62 bits per heavy atom. The molecule has 0 saturated carbocycles. The number of rotatable bonds is 0. The molecule has 0 aromatic carbocycles. The van der Waals surface area contributed by atoms with E-state index in [0.29, 0.717) is 25.2 Å². The van der Waals surface area contributed by atoms with Crippen molar-refractivity contribution in [2.24, 2.45) is 4.99 Å². The molecule has 0 saturated heterocycles. The number of hydrogen-bond donors (Lipinski definition) is 0. The Balaban J connectivity index is 2.57. The molecular formula is C6H9NO. The van der Waals surface area contributed by atoms with E-state index in [0.717, 1.165) is 5.71 Å². The Kier molecular flexibility index (Phi) is 1.42. The maximum absolute atomic E-state index is 10.6. The van der Waals surface area contributed by atoms with Gasteiger partial charge in [0.2, 0.25) is 0 Å². The van der Waals surface area contributed by atoms with Crippen molar-refractivity contribution in [3.8, 4) is 0 Å². The molecule has 0 aliphatic carbocycles. The van der Waals surface area contributed by atoms with Crippen LogP contribution in [0.2, 0.25) is 0 Å². The van der Waals surface area contributed by atoms with Gasteiger partial charge in [0, 0.05) is 25.1 Å². The van der Waals surface area contributed by atoms with Gasteiger partial charge in [-0.15, -0.1) is 0 Å². The van der Waals surface area contributed by atoms with Crippen LogP contribution in [0.5, 0.6) is 0 Å². The van der Waals surface area contributed by atoms with Crippen molar-refractivity contribution in [2.75, 3.05) is 6.54 Å². The van der Waals surface area contributed by atoms with Crippen LogP contribution < -0.4 is 0 Å². The predicted octanol–water partition coefficient (Wildman–Crippen LogP) is 0.810. The highest BCUT2D eigenvalue weighted by molar-refractivity contribution is 6.02. The molecule has 8 heavy (non-hydrogen) atoms. The lowest BCUT2D eigenvalue weighted by molar-refractivity contribution is -0.117. The third-order valence-electron chi connectivity index (χ3n) is 1.23. The molecule has 2 heteroatoms. The summed E-state index contributed by atoms with van der Waals surface area (Å²) in [5.41, 5.74) is 0.987. The molecular weight excluding hydrogens is 102 g/mol. The minimum absolute atomic E-state index is 0.331. The van der Waals surface area contributed by atoms with Crippen molar-refractivity contribution in [3.05, 3.63) is 0 Å². The number of hydrogen-bond acceptors (Lipinski definition) is 2. The lowest BCUT2D eigenvalue weighted by Gasteiger charge is -2.04. The maximum atomic E-state index is 10.6. The van der Waals surface area contributed by atoms with E-state index in [-0.39, 0.29) is 0 Å². The van der Waals surface area contributed by atoms with Crippen LogP contribution in [0, 0.1) is 0 Å². The van der Waals surface area contributed by atoms with Crippen molar-refractivity contribution in [1.29, 1.82) is 0 Å². The molecule has 44 valence electrons. The molecule has 0 spiro atoms. The number of carbonyl (C=O) groups excluding carboxylic acids is 1. The zero-order chi connectivity index (χ0) is 5.98. The summed E-state index contributed by atoms with van der Waals surface area (Å²) < 4.78 is 0. The fourth-order valence-electron chi connectivity index (χ4n) is 0.801. The van der Waals surface area contributed by atoms with Crippen molar-refractivity contribution in [2.45, 2.75) is 19.8 Å². The molecule has 1 heterocycles. The number of ketones is 1. The van der Waals surface area contributed by atoms with Crippen LogP contribution in [0.4, 0.5) is 0 Å². The molecule has 1 aliphatic rings. The number of carbonyl (C=O) groups is 1. The molecule has 0 bridgehead atoms. The first kappa shape index (κ1) is 5.48. The zero-order valence-corrected chi connectivity index (χ0v) is 4.98. The molecule has 0 aromatic heterocycles. The lowest BCUT2D eigenvalue weighted by atomic mass is 10.1. The second-order valence-electron chi connectivity index (χ2n) is 2.08. The summed E-state index contributed by atoms with van der Waals surface area (Å²) in [6.45, 7) is 2.61. The van der Waals surface area contributed by atoms with E-state index >= 15 is 0 Å². The minimum Gasteiger partial charge on any atom is -0.299 e. The highest BCUT2D eigenvalue weighted by Gasteiger charge is 2.07. The number of aliphatic imine (C=N–C) groups is 1. The van der Waals surface area contributed by atoms with Crippen LogP contribution in [0.1, 0.15) is 19.8 Å². The van der Waals surface area contributed by atoms with E-state index in [2.05, 4.69) is 4.99 Å². The average Bonchev–Trinajstić information content (AvgIpc) is 1.64. The zero-order valence-electron chi connectivity index (χ0n) is 4.98. The van der Waals surface area contributed by atoms with Crippen LogP contribution in [0.15, 0.2) is 4.99 Å². The van der Waals surface area contributed by atoms with E-state index in [9.17, 15) is 4.79 Å². The molecule has 2 nitrogen and oxygen atoms in total. The van der Waals surface area contributed by atoms with Gasteiger partial charge < -0.3 is 0 Å². The Morgan fingerprint density at radius 3 is 2.75 bits per heavy atom. The summed E-state index contributed by atoms with van der Waals surface area (Å²) in [6, 6.07) is 0. The summed E-state index contributed by atoms with van der Waals surface area (Å²) in [5.74, 6) is 0.331. The monoisotopic (exact) mass is 111 g/mol. The predicted molar refractivity (Wildman–Crippen MR) is 32.2 cm³/mol. The first-order valence-corrected chi connectivity index (χ1v) is 2.80. The second kappa shape index (κ2) is 2.07. The van der Waals surface area contributed by atoms with Gasteiger partial charge in [0.05, 0.1) is 0 Å². The summed E-state index contributed by atoms with van der Waals surface area (Å²) >= 11 is 0. The van der Waals surface area contributed by atoms with E-state index < -0.39 is 0 Å². The maximum Gasteiger partial charge on any atom is 0.140 e. The smallest absolute Gasteiger partial charge is 0.140 e. The summed E-state index contributed by atoms with van der Waals surface area (Å²) in [7, 11) is 0. The minimum atomic E-state index is 0.331. The van der Waals surface area contributed by atoms with Gasteiger partial charge in [-0.25, -0.2) is 0 Å². The normalized spacial score (nSPS) is 20.6. The van der Waals surface area contributed by atoms with E-state index in [4.69, 9.17) is 0 Å². The van der Waals surface area contributed by atoms with Crippen molar-refractivity contribution in [1.82, 2.24) is 0 Å². The van der Waals surface area contributed by atoms with Gasteiger partial charge in [-0.3, -0.25) is 9.79 Å². The average molecular weight is 111 g/mol. The van der Waals surface area contributed by atoms with Crippen LogP contribution >= 0.6 is 0 Å². The largest absolute Gasteiger partial charge is 0.299 e. The Bertz CT molecular complexity index is 137. The van der Waals surface area contributed by atoms with E-state index in [1.807, 2.05) is 6.92 Å². The van der Waals surface area contributed by atoms with Gasteiger partial charge in [0.1, 0.15) is 5.78 Å². The van der Waals surface area contributed by atoms with Gasteiger partial charge in [-0.05, 0) is 6.92 Å². The summed E-state index contributed by atoms with van der Waals surface area (Å²) in [5, 5.41) is 0. The van der Waals surface area contributed by atoms with Gasteiger partial charge in [-0.1, -0.05) is 0 Å². The van der Waals surface area contributed by atoms with Gasteiger partial charge in [0.25, 0.3) is 0 Å². The van der Waals surface area contributed by atoms with Crippen LogP contribution in [0.25, 0.3) is 0 Å². The Hall–Kier alpha value is -0.660. The summed E-state index contributed by atoms with van der Waals surface area (Å²) in [6.07, 6.45) is 1.23. The Labute approximate surface area is 48.6 Å². The Morgan fingerprint density at radius 2 is 2.38 bits per heavy atom. The fourth-order valence-corrected chi connectivity index (χ4v) is 0.801. The van der Waals surface area contributed by atoms with Crippen molar-refractivity contribution in [3.63, 3.8) is 0 Å².